The van der Waals surface area contributed by atoms with E-state index >= 15 is 4.39 Å². The van der Waals surface area contributed by atoms with Crippen molar-refractivity contribution in [1.82, 2.24) is 24.8 Å². The van der Waals surface area contributed by atoms with Crippen molar-refractivity contribution in [2.75, 3.05) is 29.8 Å². The number of nitrogens with zero attached hydrogens (tertiary/aromatic N) is 4. The minimum atomic E-state index is -3.96. The summed E-state index contributed by atoms with van der Waals surface area (Å²) in [5.41, 5.74) is 0.643. The number of rotatable bonds is 9. The van der Waals surface area contributed by atoms with Crippen LogP contribution in [-0.2, 0) is 10.0 Å². The Morgan fingerprint density at radius 2 is 1.86 bits per heavy atom. The summed E-state index contributed by atoms with van der Waals surface area (Å²) in [6.07, 6.45) is 2.11. The number of sulfonamides is 1. The van der Waals surface area contributed by atoms with Crippen molar-refractivity contribution in [2.24, 2.45) is 5.92 Å². The lowest BCUT2D eigenvalue weighted by Crippen LogP contribution is -2.44. The van der Waals surface area contributed by atoms with E-state index in [9.17, 15) is 17.6 Å². The quantitative estimate of drug-likeness (QED) is 0.258. The fourth-order valence-electron chi connectivity index (χ4n) is 5.07. The van der Waals surface area contributed by atoms with Gasteiger partial charge in [0.25, 0.3) is 5.56 Å². The topological polar surface area (TPSA) is 131 Å². The highest BCUT2D eigenvalue weighted by atomic mass is 32.2. The Hall–Kier alpha value is -3.97. The zero-order valence-corrected chi connectivity index (χ0v) is 24.3. The van der Waals surface area contributed by atoms with Gasteiger partial charge < -0.3 is 10.6 Å². The molecule has 1 saturated heterocycles. The zero-order valence-electron chi connectivity index (χ0n) is 23.5. The highest BCUT2D eigenvalue weighted by Crippen LogP contribution is 2.28. The standard InChI is InChI=1S/C29H33F2N7O3S/c1-17(2)38-27-25(16-33-29(36-27)34-22-11-19(13-30)14-32-15-22)35-26(28(38)39)21-9-10-24(23(31)12-21)37-42(40,41)18(3)20-7-5-4-6-8-20/h4-10,12,16-19,22,32,37H,11,13-15H2,1-3H3,(H,33,34,36)/t18-,19-,22-/m0/s1. The molecule has 2 aromatic carbocycles. The molecule has 0 spiro atoms. The summed E-state index contributed by atoms with van der Waals surface area (Å²) in [7, 11) is -3.96. The van der Waals surface area contributed by atoms with Crippen molar-refractivity contribution in [3.63, 3.8) is 0 Å². The van der Waals surface area contributed by atoms with Crippen LogP contribution in [0.4, 0.5) is 20.4 Å². The molecule has 13 heteroatoms. The van der Waals surface area contributed by atoms with Gasteiger partial charge in [-0.05, 0) is 44.9 Å². The number of benzene rings is 2. The lowest BCUT2D eigenvalue weighted by Gasteiger charge is -2.29. The maximum absolute atomic E-state index is 15.2. The summed E-state index contributed by atoms with van der Waals surface area (Å²) < 4.78 is 58.1. The van der Waals surface area contributed by atoms with E-state index < -0.39 is 33.3 Å². The van der Waals surface area contributed by atoms with Crippen LogP contribution < -0.4 is 20.9 Å². The maximum atomic E-state index is 15.2. The minimum absolute atomic E-state index is 0.0197. The Balaban J connectivity index is 1.45. The van der Waals surface area contributed by atoms with Crippen molar-refractivity contribution < 1.29 is 17.2 Å². The summed E-state index contributed by atoms with van der Waals surface area (Å²) in [5, 5.41) is 5.50. The van der Waals surface area contributed by atoms with Gasteiger partial charge in [-0.3, -0.25) is 18.5 Å². The first-order valence-electron chi connectivity index (χ1n) is 13.8. The molecule has 5 rings (SSSR count). The van der Waals surface area contributed by atoms with Crippen LogP contribution in [0.5, 0.6) is 0 Å². The number of alkyl halides is 1. The lowest BCUT2D eigenvalue weighted by atomic mass is 9.97. The largest absolute Gasteiger partial charge is 0.350 e. The first-order chi connectivity index (χ1) is 20.1. The molecule has 0 amide bonds. The highest BCUT2D eigenvalue weighted by Gasteiger charge is 2.25. The first-order valence-corrected chi connectivity index (χ1v) is 15.3. The number of hydrogen-bond acceptors (Lipinski definition) is 8. The summed E-state index contributed by atoms with van der Waals surface area (Å²) >= 11 is 0. The van der Waals surface area contributed by atoms with Crippen LogP contribution in [0.3, 0.4) is 0 Å². The van der Waals surface area contributed by atoms with Gasteiger partial charge in [0.1, 0.15) is 22.3 Å². The molecule has 222 valence electrons. The van der Waals surface area contributed by atoms with Crippen LogP contribution >= 0.6 is 0 Å². The maximum Gasteiger partial charge on any atom is 0.278 e. The fraction of sp³-hybridized carbons (Fsp3) is 0.379. The molecule has 2 aromatic heterocycles. The lowest BCUT2D eigenvalue weighted by molar-refractivity contribution is 0.282. The van der Waals surface area contributed by atoms with E-state index in [1.54, 1.807) is 30.3 Å². The molecule has 1 aliphatic rings. The second-order valence-corrected chi connectivity index (χ2v) is 12.8. The average molecular weight is 598 g/mol. The van der Waals surface area contributed by atoms with Crippen molar-refractivity contribution in [2.45, 2.75) is 44.5 Å². The second-order valence-electron chi connectivity index (χ2n) is 10.8. The van der Waals surface area contributed by atoms with E-state index in [-0.39, 0.29) is 34.9 Å². The zero-order chi connectivity index (χ0) is 30.0. The third-order valence-electron chi connectivity index (χ3n) is 7.37. The van der Waals surface area contributed by atoms with E-state index in [0.29, 0.717) is 42.2 Å². The van der Waals surface area contributed by atoms with Crippen LogP contribution in [0.25, 0.3) is 22.4 Å². The van der Waals surface area contributed by atoms with Crippen molar-refractivity contribution in [3.8, 4) is 11.3 Å². The first kappa shape index (κ1) is 29.5. The van der Waals surface area contributed by atoms with Gasteiger partial charge in [0.15, 0.2) is 5.65 Å². The number of aromatic nitrogens is 4. The highest BCUT2D eigenvalue weighted by molar-refractivity contribution is 7.92. The Morgan fingerprint density at radius 3 is 2.55 bits per heavy atom. The molecule has 3 heterocycles. The van der Waals surface area contributed by atoms with Crippen LogP contribution in [0.2, 0.25) is 0 Å². The van der Waals surface area contributed by atoms with Crippen LogP contribution in [-0.4, -0.2) is 53.7 Å². The van der Waals surface area contributed by atoms with E-state index in [2.05, 4.69) is 30.3 Å². The summed E-state index contributed by atoms with van der Waals surface area (Å²) in [6, 6.07) is 12.0. The SMILES string of the molecule is CC(C)n1c(=O)c(-c2ccc(NS(=O)(=O)[C@@H](C)c3ccccc3)c(F)c2)nc2cnc(N[C@@H]3CNC[C@H](CF)C3)nc21. The molecular weight excluding hydrogens is 564 g/mol. The predicted molar refractivity (Wildman–Crippen MR) is 159 cm³/mol. The van der Waals surface area contributed by atoms with Crippen LogP contribution in [0.1, 0.15) is 44.0 Å². The smallest absolute Gasteiger partial charge is 0.278 e. The molecule has 0 saturated carbocycles. The number of anilines is 2. The van der Waals surface area contributed by atoms with Gasteiger partial charge in [0.05, 0.1) is 18.6 Å². The van der Waals surface area contributed by atoms with Crippen LogP contribution in [0.15, 0.2) is 59.5 Å². The fourth-order valence-corrected chi connectivity index (χ4v) is 6.23. The third kappa shape index (κ3) is 6.12. The van der Waals surface area contributed by atoms with Gasteiger partial charge in [-0.15, -0.1) is 0 Å². The average Bonchev–Trinajstić information content (AvgIpc) is 2.97. The molecule has 42 heavy (non-hydrogen) atoms. The van der Waals surface area contributed by atoms with Gasteiger partial charge >= 0.3 is 0 Å². The molecule has 0 bridgehead atoms. The summed E-state index contributed by atoms with van der Waals surface area (Å²) in [4.78, 5) is 27.0. The van der Waals surface area contributed by atoms with E-state index in [0.717, 1.165) is 6.07 Å². The monoisotopic (exact) mass is 597 g/mol. The predicted octanol–water partition coefficient (Wildman–Crippen LogP) is 4.44. The normalized spacial score (nSPS) is 18.2. The molecule has 3 N–H and O–H groups in total. The van der Waals surface area contributed by atoms with Gasteiger partial charge in [-0.25, -0.2) is 22.8 Å². The molecule has 4 aromatic rings. The number of hydrogen-bond donors (Lipinski definition) is 3. The van der Waals surface area contributed by atoms with Crippen LogP contribution in [0, 0.1) is 11.7 Å². The van der Waals surface area contributed by atoms with Gasteiger partial charge in [-0.1, -0.05) is 36.4 Å². The molecular formula is C29H33F2N7O3S. The van der Waals surface area contributed by atoms with Crippen molar-refractivity contribution in [3.05, 3.63) is 76.5 Å². The van der Waals surface area contributed by atoms with E-state index in [1.807, 2.05) is 13.8 Å². The molecule has 3 atom stereocenters. The van der Waals surface area contributed by atoms with Gasteiger partial charge in [0, 0.05) is 36.7 Å². The number of piperidine rings is 1. The summed E-state index contributed by atoms with van der Waals surface area (Å²) in [5.74, 6) is -0.647. The van der Waals surface area contributed by atoms with Gasteiger partial charge in [0.2, 0.25) is 16.0 Å². The molecule has 0 aliphatic carbocycles. The Labute approximate surface area is 242 Å². The number of nitrogens with one attached hydrogen (secondary N) is 3. The number of fused-ring (bicyclic) bond motifs is 1. The molecule has 0 radical (unpaired) electrons. The molecule has 10 nitrogen and oxygen atoms in total. The van der Waals surface area contributed by atoms with Crippen molar-refractivity contribution in [1.29, 1.82) is 0 Å². The Morgan fingerprint density at radius 1 is 1.10 bits per heavy atom. The third-order valence-corrected chi connectivity index (χ3v) is 9.08. The summed E-state index contributed by atoms with van der Waals surface area (Å²) in [6.45, 7) is 6.00. The van der Waals surface area contributed by atoms with Crippen molar-refractivity contribution >= 4 is 32.8 Å². The van der Waals surface area contributed by atoms with Gasteiger partial charge in [-0.2, -0.15) is 4.98 Å². The second kappa shape index (κ2) is 12.1. The molecule has 0 unspecified atom stereocenters. The number of halogens is 2. The Bertz CT molecular complexity index is 1750. The Kier molecular flexibility index (Phi) is 8.50. The minimum Gasteiger partial charge on any atom is -0.350 e. The molecule has 1 fully saturated rings. The van der Waals surface area contributed by atoms with E-state index in [1.165, 1.54) is 29.8 Å². The van der Waals surface area contributed by atoms with E-state index in [4.69, 9.17) is 0 Å². The molecule has 1 aliphatic heterocycles.